The largest absolute Gasteiger partial charge is 0.273 e. The molecule has 0 saturated carbocycles. The van der Waals surface area contributed by atoms with E-state index in [1.165, 1.54) is 17.1 Å². The van der Waals surface area contributed by atoms with Gasteiger partial charge in [0.05, 0.1) is 10.6 Å². The maximum absolute atomic E-state index is 12.5. The zero-order chi connectivity index (χ0) is 17.3. The summed E-state index contributed by atoms with van der Waals surface area (Å²) >= 11 is 5.86. The van der Waals surface area contributed by atoms with Crippen molar-refractivity contribution in [2.24, 2.45) is 5.10 Å². The first-order valence-electron chi connectivity index (χ1n) is 7.33. The van der Waals surface area contributed by atoms with E-state index in [4.69, 9.17) is 11.6 Å². The number of amides is 1. The molecule has 7 heteroatoms. The molecule has 2 aromatic rings. The molecule has 24 heavy (non-hydrogen) atoms. The highest BCUT2D eigenvalue weighted by atomic mass is 35.5. The lowest BCUT2D eigenvalue weighted by atomic mass is 9.90. The van der Waals surface area contributed by atoms with E-state index in [0.717, 1.165) is 11.3 Å². The zero-order valence-electron chi connectivity index (χ0n) is 12.8. The number of hydrazone groups is 1. The van der Waals surface area contributed by atoms with E-state index < -0.39 is 4.92 Å². The fourth-order valence-corrected chi connectivity index (χ4v) is 2.82. The zero-order valence-corrected chi connectivity index (χ0v) is 13.6. The van der Waals surface area contributed by atoms with E-state index in [0.29, 0.717) is 10.7 Å². The second kappa shape index (κ2) is 6.41. The quantitative estimate of drug-likeness (QED) is 0.620. The Morgan fingerprint density at radius 2 is 1.96 bits per heavy atom. The summed E-state index contributed by atoms with van der Waals surface area (Å²) in [4.78, 5) is 23.0. The first-order chi connectivity index (χ1) is 11.5. The Hall–Kier alpha value is -2.73. The number of anilines is 1. The van der Waals surface area contributed by atoms with Gasteiger partial charge in [-0.1, -0.05) is 23.7 Å². The molecule has 1 amide bonds. The SMILES string of the molecule is CC1=NN(c2ccc(Cl)cc2)C(=O)CC1c1cccc([N+](=O)[O-])c1. The van der Waals surface area contributed by atoms with E-state index in [1.54, 1.807) is 36.4 Å². The fourth-order valence-electron chi connectivity index (χ4n) is 2.69. The molecule has 1 heterocycles. The van der Waals surface area contributed by atoms with Crippen LogP contribution in [-0.2, 0) is 4.79 Å². The van der Waals surface area contributed by atoms with Crippen molar-refractivity contribution in [2.45, 2.75) is 19.3 Å². The van der Waals surface area contributed by atoms with Gasteiger partial charge in [0.15, 0.2) is 0 Å². The Balaban J connectivity index is 1.93. The van der Waals surface area contributed by atoms with Gasteiger partial charge in [-0.05, 0) is 36.8 Å². The minimum Gasteiger partial charge on any atom is -0.273 e. The van der Waals surface area contributed by atoms with Gasteiger partial charge in [0.25, 0.3) is 5.69 Å². The molecule has 0 N–H and O–H groups in total. The summed E-state index contributed by atoms with van der Waals surface area (Å²) in [7, 11) is 0. The van der Waals surface area contributed by atoms with Crippen molar-refractivity contribution in [3.63, 3.8) is 0 Å². The lowest BCUT2D eigenvalue weighted by Gasteiger charge is -2.28. The molecule has 2 aromatic carbocycles. The van der Waals surface area contributed by atoms with E-state index >= 15 is 0 Å². The van der Waals surface area contributed by atoms with Crippen LogP contribution in [0.1, 0.15) is 24.8 Å². The lowest BCUT2D eigenvalue weighted by molar-refractivity contribution is -0.384. The Morgan fingerprint density at radius 1 is 1.25 bits per heavy atom. The van der Waals surface area contributed by atoms with Gasteiger partial charge in [0.1, 0.15) is 0 Å². The molecule has 1 unspecified atom stereocenters. The van der Waals surface area contributed by atoms with Crippen molar-refractivity contribution in [3.05, 3.63) is 69.2 Å². The van der Waals surface area contributed by atoms with Crippen LogP contribution in [0.5, 0.6) is 0 Å². The number of nitrogens with zero attached hydrogens (tertiary/aromatic N) is 3. The third-order valence-corrected chi connectivity index (χ3v) is 4.18. The molecule has 6 nitrogen and oxygen atoms in total. The van der Waals surface area contributed by atoms with Crippen molar-refractivity contribution in [1.29, 1.82) is 0 Å². The number of carbonyl (C=O) groups is 1. The summed E-state index contributed by atoms with van der Waals surface area (Å²) in [5.74, 6) is -0.430. The summed E-state index contributed by atoms with van der Waals surface area (Å²) in [5, 5.41) is 17.2. The van der Waals surface area contributed by atoms with E-state index in [-0.39, 0.29) is 23.9 Å². The molecule has 0 radical (unpaired) electrons. The number of non-ortho nitro benzene ring substituents is 1. The number of nitro benzene ring substituents is 1. The van der Waals surface area contributed by atoms with Crippen LogP contribution in [0.4, 0.5) is 11.4 Å². The maximum atomic E-state index is 12.5. The first kappa shape index (κ1) is 16.1. The summed E-state index contributed by atoms with van der Waals surface area (Å²) in [6, 6.07) is 13.2. The van der Waals surface area contributed by atoms with Crippen molar-refractivity contribution in [2.75, 3.05) is 5.01 Å². The Kier molecular flexibility index (Phi) is 4.31. The van der Waals surface area contributed by atoms with Gasteiger partial charge in [0, 0.05) is 35.2 Å². The van der Waals surface area contributed by atoms with Crippen molar-refractivity contribution < 1.29 is 9.72 Å². The van der Waals surface area contributed by atoms with Crippen LogP contribution in [0.25, 0.3) is 0 Å². The average molecular weight is 344 g/mol. The average Bonchev–Trinajstić information content (AvgIpc) is 2.57. The summed E-state index contributed by atoms with van der Waals surface area (Å²) < 4.78 is 0. The lowest BCUT2D eigenvalue weighted by Crippen LogP contribution is -2.35. The second-order valence-electron chi connectivity index (χ2n) is 5.53. The van der Waals surface area contributed by atoms with Crippen LogP contribution in [0.15, 0.2) is 53.6 Å². The molecule has 0 aromatic heterocycles. The topological polar surface area (TPSA) is 75.8 Å². The number of rotatable bonds is 3. The predicted molar refractivity (Wildman–Crippen MR) is 92.5 cm³/mol. The molecule has 0 bridgehead atoms. The summed E-state index contributed by atoms with van der Waals surface area (Å²) in [6.45, 7) is 1.82. The number of halogens is 1. The smallest absolute Gasteiger partial charge is 0.269 e. The highest BCUT2D eigenvalue weighted by Gasteiger charge is 2.29. The highest BCUT2D eigenvalue weighted by molar-refractivity contribution is 6.30. The number of benzene rings is 2. The van der Waals surface area contributed by atoms with Crippen molar-refractivity contribution >= 4 is 34.6 Å². The Morgan fingerprint density at radius 3 is 2.62 bits per heavy atom. The van der Waals surface area contributed by atoms with Gasteiger partial charge in [-0.25, -0.2) is 5.01 Å². The minimum atomic E-state index is -0.444. The highest BCUT2D eigenvalue weighted by Crippen LogP contribution is 2.31. The van der Waals surface area contributed by atoms with E-state index in [2.05, 4.69) is 5.10 Å². The van der Waals surface area contributed by atoms with Gasteiger partial charge >= 0.3 is 0 Å². The number of hydrogen-bond donors (Lipinski definition) is 0. The molecule has 0 saturated heterocycles. The molecule has 1 aliphatic rings. The molecule has 122 valence electrons. The van der Waals surface area contributed by atoms with Gasteiger partial charge in [-0.2, -0.15) is 5.10 Å². The molecule has 1 aliphatic heterocycles. The standard InChI is InChI=1S/C17H14ClN3O3/c1-11-16(12-3-2-4-15(9-12)21(23)24)10-17(22)20(19-11)14-7-5-13(18)6-8-14/h2-9,16H,10H2,1H3. The second-order valence-corrected chi connectivity index (χ2v) is 5.97. The maximum Gasteiger partial charge on any atom is 0.269 e. The Bertz CT molecular complexity index is 833. The molecular formula is C17H14ClN3O3. The van der Waals surface area contributed by atoms with Crippen LogP contribution in [-0.4, -0.2) is 16.5 Å². The van der Waals surface area contributed by atoms with Crippen LogP contribution in [0.3, 0.4) is 0 Å². The number of nitro groups is 1. The minimum absolute atomic E-state index is 0.00730. The van der Waals surface area contributed by atoms with Gasteiger partial charge in [-0.3, -0.25) is 14.9 Å². The first-order valence-corrected chi connectivity index (χ1v) is 7.71. The third kappa shape index (κ3) is 3.14. The van der Waals surface area contributed by atoms with Crippen LogP contribution in [0, 0.1) is 10.1 Å². The molecule has 1 atom stereocenters. The van der Waals surface area contributed by atoms with E-state index in [9.17, 15) is 14.9 Å². The Labute approximate surface area is 143 Å². The van der Waals surface area contributed by atoms with Crippen LogP contribution >= 0.6 is 11.6 Å². The fraction of sp³-hybridized carbons (Fsp3) is 0.176. The monoisotopic (exact) mass is 343 g/mol. The van der Waals surface area contributed by atoms with Gasteiger partial charge in [-0.15, -0.1) is 0 Å². The third-order valence-electron chi connectivity index (χ3n) is 3.93. The molecule has 3 rings (SSSR count). The normalized spacial score (nSPS) is 17.6. The summed E-state index contributed by atoms with van der Waals surface area (Å²) in [6.07, 6.45) is 0.207. The molecule has 0 aliphatic carbocycles. The van der Waals surface area contributed by atoms with Crippen molar-refractivity contribution in [1.82, 2.24) is 0 Å². The van der Waals surface area contributed by atoms with Crippen molar-refractivity contribution in [3.8, 4) is 0 Å². The number of carbonyl (C=O) groups excluding carboxylic acids is 1. The van der Waals surface area contributed by atoms with Gasteiger partial charge in [0.2, 0.25) is 5.91 Å². The van der Waals surface area contributed by atoms with Crippen LogP contribution < -0.4 is 5.01 Å². The summed E-state index contributed by atoms with van der Waals surface area (Å²) in [5.41, 5.74) is 2.09. The number of hydrogen-bond acceptors (Lipinski definition) is 4. The van der Waals surface area contributed by atoms with Gasteiger partial charge < -0.3 is 0 Å². The molecule has 0 spiro atoms. The predicted octanol–water partition coefficient (Wildman–Crippen LogP) is 4.14. The molecular weight excluding hydrogens is 330 g/mol. The van der Waals surface area contributed by atoms with Crippen LogP contribution in [0.2, 0.25) is 5.02 Å². The molecule has 0 fully saturated rings. The van der Waals surface area contributed by atoms with E-state index in [1.807, 2.05) is 6.92 Å².